The average molecular weight is 391 g/mol. The highest BCUT2D eigenvalue weighted by molar-refractivity contribution is 9.25. The molecule has 1 aromatic heterocycles. The Morgan fingerprint density at radius 3 is 2.63 bits per heavy atom. The van der Waals surface area contributed by atoms with Crippen LogP contribution in [0.3, 0.4) is 0 Å². The summed E-state index contributed by atoms with van der Waals surface area (Å²) in [6, 6.07) is 3.83. The van der Waals surface area contributed by atoms with Gasteiger partial charge in [-0.3, -0.25) is 0 Å². The number of ether oxygens (including phenoxy) is 1. The van der Waals surface area contributed by atoms with Gasteiger partial charge in [0.1, 0.15) is 5.52 Å². The molecule has 0 bridgehead atoms. The van der Waals surface area contributed by atoms with Gasteiger partial charge < -0.3 is 9.15 Å². The van der Waals surface area contributed by atoms with Crippen molar-refractivity contribution in [2.45, 2.75) is 24.0 Å². The number of hydrogen-bond donors (Lipinski definition) is 0. The number of nitrogens with zero attached hydrogens (tertiary/aromatic N) is 1. The Hall–Kier alpha value is -0.880. The van der Waals surface area contributed by atoms with E-state index in [0.29, 0.717) is 11.1 Å². The van der Waals surface area contributed by atoms with Crippen LogP contribution in [0, 0.1) is 13.8 Å². The third kappa shape index (κ3) is 2.69. The number of carbonyl (C=O) groups excluding carboxylic acids is 1. The largest absolute Gasteiger partial charge is 0.464 e. The lowest BCUT2D eigenvalue weighted by molar-refractivity contribution is -0.143. The van der Waals surface area contributed by atoms with Crippen LogP contribution in [0.15, 0.2) is 16.5 Å². The molecule has 0 N–H and O–H groups in total. The number of halogens is 2. The van der Waals surface area contributed by atoms with Crippen molar-refractivity contribution in [3.8, 4) is 0 Å². The fourth-order valence-electron chi connectivity index (χ4n) is 1.62. The van der Waals surface area contributed by atoms with E-state index in [1.54, 1.807) is 6.92 Å². The number of rotatable bonds is 3. The van der Waals surface area contributed by atoms with Crippen molar-refractivity contribution < 1.29 is 13.9 Å². The van der Waals surface area contributed by atoms with Crippen LogP contribution in [0.1, 0.15) is 23.9 Å². The van der Waals surface area contributed by atoms with Crippen molar-refractivity contribution in [3.63, 3.8) is 0 Å². The summed E-state index contributed by atoms with van der Waals surface area (Å²) < 4.78 is 9.35. The van der Waals surface area contributed by atoms with Crippen molar-refractivity contribution in [1.29, 1.82) is 0 Å². The first kappa shape index (κ1) is 14.5. The summed E-state index contributed by atoms with van der Waals surface area (Å²) in [5.41, 5.74) is 3.59. The number of aryl methyl sites for hydroxylation is 2. The first-order valence-corrected chi connectivity index (χ1v) is 7.38. The summed E-state index contributed by atoms with van der Waals surface area (Å²) in [6.45, 7) is 6.03. The SMILES string of the molecule is CCOC(=O)C(Br)(Br)c1nc2cc(C)c(C)cc2o1. The summed E-state index contributed by atoms with van der Waals surface area (Å²) in [4.78, 5) is 16.2. The van der Waals surface area contributed by atoms with Gasteiger partial charge in [-0.15, -0.1) is 0 Å². The monoisotopic (exact) mass is 389 g/mol. The van der Waals surface area contributed by atoms with Gasteiger partial charge in [0.2, 0.25) is 5.89 Å². The minimum atomic E-state index is -1.25. The summed E-state index contributed by atoms with van der Waals surface area (Å²) in [7, 11) is 0. The molecule has 0 saturated heterocycles. The van der Waals surface area contributed by atoms with Crippen LogP contribution in [0.25, 0.3) is 11.1 Å². The van der Waals surface area contributed by atoms with Gasteiger partial charge in [-0.05, 0) is 75.9 Å². The highest BCUT2D eigenvalue weighted by atomic mass is 79.9. The Labute approximate surface area is 127 Å². The molecule has 0 aliphatic carbocycles. The van der Waals surface area contributed by atoms with E-state index in [2.05, 4.69) is 36.8 Å². The van der Waals surface area contributed by atoms with Crippen LogP contribution in [0.4, 0.5) is 0 Å². The van der Waals surface area contributed by atoms with Crippen LogP contribution in [0.5, 0.6) is 0 Å². The number of oxazole rings is 1. The zero-order chi connectivity index (χ0) is 14.2. The number of benzene rings is 1. The van der Waals surface area contributed by atoms with Crippen molar-refractivity contribution in [3.05, 3.63) is 29.2 Å². The second kappa shape index (κ2) is 5.25. The summed E-state index contributed by atoms with van der Waals surface area (Å²) in [6.07, 6.45) is 0. The number of hydrogen-bond acceptors (Lipinski definition) is 4. The maximum atomic E-state index is 11.9. The summed E-state index contributed by atoms with van der Waals surface area (Å²) >= 11 is 6.52. The summed E-state index contributed by atoms with van der Waals surface area (Å²) in [5.74, 6) is -0.263. The Morgan fingerprint density at radius 2 is 2.00 bits per heavy atom. The van der Waals surface area contributed by atoms with Crippen molar-refractivity contribution >= 4 is 48.9 Å². The van der Waals surface area contributed by atoms with Crippen molar-refractivity contribution in [2.24, 2.45) is 0 Å². The molecule has 1 aromatic carbocycles. The van der Waals surface area contributed by atoms with Gasteiger partial charge in [0.05, 0.1) is 6.61 Å². The first-order valence-electron chi connectivity index (χ1n) is 5.79. The molecule has 4 nitrogen and oxygen atoms in total. The molecule has 0 unspecified atom stereocenters. The fourth-order valence-corrected chi connectivity index (χ4v) is 2.19. The van der Waals surface area contributed by atoms with E-state index in [1.165, 1.54) is 0 Å². The molecular formula is C13H13Br2NO3. The minimum absolute atomic E-state index is 0.228. The zero-order valence-corrected chi connectivity index (χ0v) is 14.0. The molecule has 2 rings (SSSR count). The number of alkyl halides is 2. The van der Waals surface area contributed by atoms with Gasteiger partial charge in [-0.25, -0.2) is 9.78 Å². The Bertz CT molecular complexity index is 595. The van der Waals surface area contributed by atoms with E-state index < -0.39 is 9.20 Å². The van der Waals surface area contributed by atoms with E-state index in [-0.39, 0.29) is 12.5 Å². The Morgan fingerprint density at radius 1 is 1.37 bits per heavy atom. The lowest BCUT2D eigenvalue weighted by atomic mass is 10.1. The molecular weight excluding hydrogens is 378 g/mol. The minimum Gasteiger partial charge on any atom is -0.464 e. The third-order valence-corrected chi connectivity index (χ3v) is 4.13. The number of carbonyl (C=O) groups is 1. The molecule has 0 aliphatic rings. The van der Waals surface area contributed by atoms with Gasteiger partial charge in [-0.2, -0.15) is 0 Å². The summed E-state index contributed by atoms with van der Waals surface area (Å²) in [5, 5.41) is 0. The maximum Gasteiger partial charge on any atom is 0.343 e. The number of aromatic nitrogens is 1. The molecule has 102 valence electrons. The highest BCUT2D eigenvalue weighted by Gasteiger charge is 2.41. The quantitative estimate of drug-likeness (QED) is 0.588. The average Bonchev–Trinajstić information content (AvgIpc) is 2.73. The van der Waals surface area contributed by atoms with Crippen LogP contribution in [-0.4, -0.2) is 17.6 Å². The topological polar surface area (TPSA) is 52.3 Å². The van der Waals surface area contributed by atoms with E-state index >= 15 is 0 Å². The number of esters is 1. The van der Waals surface area contributed by atoms with Crippen molar-refractivity contribution in [1.82, 2.24) is 4.98 Å². The molecule has 0 spiro atoms. The molecule has 1 heterocycles. The lowest BCUT2D eigenvalue weighted by Gasteiger charge is -2.13. The Balaban J connectivity index is 2.48. The van der Waals surface area contributed by atoms with E-state index in [1.807, 2.05) is 26.0 Å². The van der Waals surface area contributed by atoms with Gasteiger partial charge in [-0.1, -0.05) is 0 Å². The molecule has 6 heteroatoms. The van der Waals surface area contributed by atoms with Crippen LogP contribution >= 0.6 is 31.9 Å². The first-order chi connectivity index (χ1) is 8.86. The van der Waals surface area contributed by atoms with Crippen LogP contribution in [-0.2, 0) is 12.8 Å². The fraction of sp³-hybridized carbons (Fsp3) is 0.385. The third-order valence-electron chi connectivity index (χ3n) is 2.80. The molecule has 19 heavy (non-hydrogen) atoms. The zero-order valence-electron chi connectivity index (χ0n) is 10.8. The predicted octanol–water partition coefficient (Wildman–Crippen LogP) is 3.95. The molecule has 0 amide bonds. The highest BCUT2D eigenvalue weighted by Crippen LogP contribution is 2.40. The standard InChI is InChI=1S/C13H13Br2NO3/c1-4-18-12(17)13(14,15)11-16-9-5-7(2)8(3)6-10(9)19-11/h5-6H,4H2,1-3H3. The second-order valence-electron chi connectivity index (χ2n) is 4.22. The maximum absolute atomic E-state index is 11.9. The Kier molecular flexibility index (Phi) is 4.01. The molecule has 0 atom stereocenters. The normalized spacial score (nSPS) is 11.8. The van der Waals surface area contributed by atoms with E-state index in [9.17, 15) is 4.79 Å². The molecule has 0 saturated carbocycles. The lowest BCUT2D eigenvalue weighted by Crippen LogP contribution is -2.25. The van der Waals surface area contributed by atoms with Gasteiger partial charge in [0, 0.05) is 0 Å². The molecule has 0 fully saturated rings. The molecule has 0 radical (unpaired) electrons. The van der Waals surface area contributed by atoms with Gasteiger partial charge in [0.25, 0.3) is 3.23 Å². The predicted molar refractivity (Wildman–Crippen MR) is 79.6 cm³/mol. The number of fused-ring (bicyclic) bond motifs is 1. The molecule has 0 aliphatic heterocycles. The smallest absolute Gasteiger partial charge is 0.343 e. The van der Waals surface area contributed by atoms with Gasteiger partial charge in [0.15, 0.2) is 5.58 Å². The van der Waals surface area contributed by atoms with E-state index in [4.69, 9.17) is 9.15 Å². The van der Waals surface area contributed by atoms with Crippen LogP contribution < -0.4 is 0 Å². The molecule has 2 aromatic rings. The van der Waals surface area contributed by atoms with Crippen LogP contribution in [0.2, 0.25) is 0 Å². The van der Waals surface area contributed by atoms with Crippen molar-refractivity contribution in [2.75, 3.05) is 6.61 Å². The van der Waals surface area contributed by atoms with E-state index in [0.717, 1.165) is 11.1 Å². The van der Waals surface area contributed by atoms with Gasteiger partial charge >= 0.3 is 5.97 Å². The second-order valence-corrected chi connectivity index (χ2v) is 7.66.